The van der Waals surface area contributed by atoms with Gasteiger partial charge in [-0.3, -0.25) is 9.59 Å². The van der Waals surface area contributed by atoms with Gasteiger partial charge in [-0.15, -0.1) is 0 Å². The maximum atomic E-state index is 12.0. The minimum atomic E-state index is -0.661. The molecule has 0 fully saturated rings. The lowest BCUT2D eigenvalue weighted by Gasteiger charge is -2.23. The Kier molecular flexibility index (Phi) is 8.58. The molecule has 0 aromatic heterocycles. The summed E-state index contributed by atoms with van der Waals surface area (Å²) in [5.74, 6) is -1.27. The smallest absolute Gasteiger partial charge is 0.331 e. The van der Waals surface area contributed by atoms with Gasteiger partial charge in [0.2, 0.25) is 5.91 Å². The molecule has 0 unspecified atom stereocenters. The van der Waals surface area contributed by atoms with Gasteiger partial charge in [0.1, 0.15) is 0 Å². The SMILES string of the molecule is CCN(CC)C(=O)CN(C)C(=O)COC(=O)/C=C/c1ccc(C#N)cc1. The normalized spacial score (nSPS) is 10.2. The predicted molar refractivity (Wildman–Crippen MR) is 96.7 cm³/mol. The first-order chi connectivity index (χ1) is 12.4. The van der Waals surface area contributed by atoms with E-state index in [9.17, 15) is 14.4 Å². The second-order valence-electron chi connectivity index (χ2n) is 5.49. The maximum Gasteiger partial charge on any atom is 0.331 e. The van der Waals surface area contributed by atoms with Gasteiger partial charge in [-0.05, 0) is 37.6 Å². The Balaban J connectivity index is 2.45. The predicted octanol–water partition coefficient (Wildman–Crippen LogP) is 1.44. The number of ether oxygens (including phenoxy) is 1. The van der Waals surface area contributed by atoms with Crippen LogP contribution in [-0.4, -0.2) is 60.9 Å². The minimum absolute atomic E-state index is 0.0564. The van der Waals surface area contributed by atoms with Crippen molar-refractivity contribution in [3.8, 4) is 6.07 Å². The van der Waals surface area contributed by atoms with Gasteiger partial charge in [0.15, 0.2) is 6.61 Å². The highest BCUT2D eigenvalue weighted by Crippen LogP contribution is 2.05. The van der Waals surface area contributed by atoms with Crippen LogP contribution in [0.1, 0.15) is 25.0 Å². The van der Waals surface area contributed by atoms with E-state index in [1.54, 1.807) is 29.2 Å². The highest BCUT2D eigenvalue weighted by atomic mass is 16.5. The average Bonchev–Trinajstić information content (AvgIpc) is 2.65. The molecule has 0 aliphatic carbocycles. The third-order valence-electron chi connectivity index (χ3n) is 3.70. The number of nitrogens with zero attached hydrogens (tertiary/aromatic N) is 3. The summed E-state index contributed by atoms with van der Waals surface area (Å²) in [6.07, 6.45) is 2.73. The number of carbonyl (C=O) groups is 3. The van der Waals surface area contributed by atoms with Crippen LogP contribution in [-0.2, 0) is 19.1 Å². The Morgan fingerprint density at radius 3 is 2.27 bits per heavy atom. The van der Waals surface area contributed by atoms with Crippen molar-refractivity contribution in [2.24, 2.45) is 0 Å². The molecule has 0 bridgehead atoms. The summed E-state index contributed by atoms with van der Waals surface area (Å²) in [7, 11) is 1.49. The number of benzene rings is 1. The van der Waals surface area contributed by atoms with E-state index in [1.165, 1.54) is 24.1 Å². The molecule has 0 atom stereocenters. The van der Waals surface area contributed by atoms with Gasteiger partial charge in [-0.2, -0.15) is 5.26 Å². The fraction of sp³-hybridized carbons (Fsp3) is 0.368. The van der Waals surface area contributed by atoms with Gasteiger partial charge in [0, 0.05) is 26.2 Å². The van der Waals surface area contributed by atoms with Gasteiger partial charge in [-0.25, -0.2) is 4.79 Å². The summed E-state index contributed by atoms with van der Waals surface area (Å²) in [4.78, 5) is 38.4. The molecule has 0 heterocycles. The lowest BCUT2D eigenvalue weighted by Crippen LogP contribution is -2.42. The summed E-state index contributed by atoms with van der Waals surface area (Å²) in [6.45, 7) is 4.40. The molecule has 0 aliphatic heterocycles. The van der Waals surface area contributed by atoms with Crippen LogP contribution >= 0.6 is 0 Å². The fourth-order valence-electron chi connectivity index (χ4n) is 2.09. The zero-order chi connectivity index (χ0) is 19.5. The number of rotatable bonds is 8. The Morgan fingerprint density at radius 2 is 1.73 bits per heavy atom. The monoisotopic (exact) mass is 357 g/mol. The highest BCUT2D eigenvalue weighted by Gasteiger charge is 2.17. The van der Waals surface area contributed by atoms with E-state index in [0.29, 0.717) is 18.7 Å². The Hall–Kier alpha value is -3.14. The molecule has 7 heteroatoms. The Labute approximate surface area is 153 Å². The molecule has 1 aromatic rings. The van der Waals surface area contributed by atoms with Crippen LogP contribution in [0.3, 0.4) is 0 Å². The summed E-state index contributed by atoms with van der Waals surface area (Å²) in [6, 6.07) is 8.66. The number of amides is 2. The molecular weight excluding hydrogens is 334 g/mol. The van der Waals surface area contributed by atoms with E-state index >= 15 is 0 Å². The van der Waals surface area contributed by atoms with Crippen molar-refractivity contribution in [3.63, 3.8) is 0 Å². The van der Waals surface area contributed by atoms with Gasteiger partial charge >= 0.3 is 5.97 Å². The van der Waals surface area contributed by atoms with Crippen LogP contribution in [0, 0.1) is 11.3 Å². The van der Waals surface area contributed by atoms with E-state index < -0.39 is 18.5 Å². The van der Waals surface area contributed by atoms with Crippen LogP contribution in [0.15, 0.2) is 30.3 Å². The summed E-state index contributed by atoms with van der Waals surface area (Å²) >= 11 is 0. The molecule has 2 amide bonds. The number of hydrogen-bond donors (Lipinski definition) is 0. The van der Waals surface area contributed by atoms with Gasteiger partial charge < -0.3 is 14.5 Å². The third kappa shape index (κ3) is 6.77. The Bertz CT molecular complexity index is 700. The van der Waals surface area contributed by atoms with Gasteiger partial charge in [-0.1, -0.05) is 12.1 Å². The first-order valence-corrected chi connectivity index (χ1v) is 8.28. The van der Waals surface area contributed by atoms with E-state index in [1.807, 2.05) is 19.9 Å². The van der Waals surface area contributed by atoms with E-state index in [0.717, 1.165) is 5.56 Å². The van der Waals surface area contributed by atoms with E-state index in [4.69, 9.17) is 10.00 Å². The second-order valence-corrected chi connectivity index (χ2v) is 5.49. The van der Waals surface area contributed by atoms with E-state index in [2.05, 4.69) is 0 Å². The van der Waals surface area contributed by atoms with Crippen LogP contribution in [0.2, 0.25) is 0 Å². The van der Waals surface area contributed by atoms with Crippen molar-refractivity contribution < 1.29 is 19.1 Å². The lowest BCUT2D eigenvalue weighted by atomic mass is 10.1. The molecule has 0 spiro atoms. The molecule has 7 nitrogen and oxygen atoms in total. The molecule has 1 rings (SSSR count). The third-order valence-corrected chi connectivity index (χ3v) is 3.70. The first kappa shape index (κ1) is 20.9. The number of nitriles is 1. The van der Waals surface area contributed by atoms with Crippen LogP contribution in [0.4, 0.5) is 0 Å². The summed E-state index contributed by atoms with van der Waals surface area (Å²) < 4.78 is 4.89. The second kappa shape index (κ2) is 10.7. The van der Waals surface area contributed by atoms with Gasteiger partial charge in [0.25, 0.3) is 5.91 Å². The van der Waals surface area contributed by atoms with Crippen molar-refractivity contribution >= 4 is 23.9 Å². The molecule has 0 N–H and O–H groups in total. The number of likely N-dealkylation sites (N-methyl/N-ethyl adjacent to an activating group) is 2. The van der Waals surface area contributed by atoms with Crippen molar-refractivity contribution in [1.82, 2.24) is 9.80 Å². The lowest BCUT2D eigenvalue weighted by molar-refractivity contribution is -0.149. The molecular formula is C19H23N3O4. The molecule has 0 radical (unpaired) electrons. The molecule has 0 aliphatic rings. The fourth-order valence-corrected chi connectivity index (χ4v) is 2.09. The zero-order valence-electron chi connectivity index (χ0n) is 15.3. The van der Waals surface area contributed by atoms with Gasteiger partial charge in [0.05, 0.1) is 18.2 Å². The zero-order valence-corrected chi connectivity index (χ0v) is 15.3. The molecule has 138 valence electrons. The van der Waals surface area contributed by atoms with Crippen LogP contribution in [0.5, 0.6) is 0 Å². The molecule has 26 heavy (non-hydrogen) atoms. The topological polar surface area (TPSA) is 90.7 Å². The van der Waals surface area contributed by atoms with Crippen LogP contribution < -0.4 is 0 Å². The standard InChI is InChI=1S/C19H23N3O4/c1-4-22(5-2)17(23)13-21(3)18(24)14-26-19(25)11-10-15-6-8-16(12-20)9-7-15/h6-11H,4-5,13-14H2,1-3H3/b11-10+. The average molecular weight is 357 g/mol. The minimum Gasteiger partial charge on any atom is -0.452 e. The molecule has 0 saturated heterocycles. The quantitative estimate of drug-likeness (QED) is 0.519. The van der Waals surface area contributed by atoms with Crippen molar-refractivity contribution in [3.05, 3.63) is 41.5 Å². The summed E-state index contributed by atoms with van der Waals surface area (Å²) in [5, 5.41) is 8.72. The van der Waals surface area contributed by atoms with Crippen LogP contribution in [0.25, 0.3) is 6.08 Å². The maximum absolute atomic E-state index is 12.0. The Morgan fingerprint density at radius 1 is 1.12 bits per heavy atom. The number of carbonyl (C=O) groups excluding carboxylic acids is 3. The molecule has 0 saturated carbocycles. The van der Waals surface area contributed by atoms with E-state index in [-0.39, 0.29) is 12.5 Å². The summed E-state index contributed by atoms with van der Waals surface area (Å²) in [5.41, 5.74) is 1.26. The molecule has 1 aromatic carbocycles. The van der Waals surface area contributed by atoms with Crippen molar-refractivity contribution in [2.45, 2.75) is 13.8 Å². The first-order valence-electron chi connectivity index (χ1n) is 8.28. The number of hydrogen-bond acceptors (Lipinski definition) is 5. The largest absolute Gasteiger partial charge is 0.452 e. The van der Waals surface area contributed by atoms with Crippen molar-refractivity contribution in [2.75, 3.05) is 33.3 Å². The van der Waals surface area contributed by atoms with Crippen molar-refractivity contribution in [1.29, 1.82) is 5.26 Å². The highest BCUT2D eigenvalue weighted by molar-refractivity contribution is 5.90. The number of esters is 1.